The minimum atomic E-state index is -0.200. The summed E-state index contributed by atoms with van der Waals surface area (Å²) in [6.45, 7) is 5.11. The van der Waals surface area contributed by atoms with Crippen molar-refractivity contribution >= 4 is 11.8 Å². The van der Waals surface area contributed by atoms with E-state index in [4.69, 9.17) is 4.42 Å². The molecule has 110 valence electrons. The molecule has 0 aromatic carbocycles. The van der Waals surface area contributed by atoms with Crippen LogP contribution in [0, 0.1) is 5.92 Å². The molecule has 1 aromatic rings. The standard InChI is InChI=1S/C15H22N2O3/c1-11(2)17-10-12(9-14(17)18)15(19)16-7-3-5-13-6-4-8-20-13/h4,6,8,11-12H,3,5,7,9-10H2,1-2H3,(H,16,19). The number of likely N-dealkylation sites (tertiary alicyclic amines) is 1. The summed E-state index contributed by atoms with van der Waals surface area (Å²) < 4.78 is 5.23. The Morgan fingerprint density at radius 3 is 2.95 bits per heavy atom. The van der Waals surface area contributed by atoms with Crippen molar-refractivity contribution in [2.24, 2.45) is 5.92 Å². The molecule has 2 heterocycles. The lowest BCUT2D eigenvalue weighted by molar-refractivity contribution is -0.129. The van der Waals surface area contributed by atoms with Gasteiger partial charge in [-0.15, -0.1) is 0 Å². The van der Waals surface area contributed by atoms with Crippen LogP contribution < -0.4 is 5.32 Å². The summed E-state index contributed by atoms with van der Waals surface area (Å²) in [5, 5.41) is 2.91. The highest BCUT2D eigenvalue weighted by atomic mass is 16.3. The third kappa shape index (κ3) is 3.62. The van der Waals surface area contributed by atoms with Crippen molar-refractivity contribution in [3.8, 4) is 0 Å². The minimum absolute atomic E-state index is 0.0130. The molecule has 5 heteroatoms. The van der Waals surface area contributed by atoms with Crippen molar-refractivity contribution in [1.29, 1.82) is 0 Å². The lowest BCUT2D eigenvalue weighted by atomic mass is 10.1. The van der Waals surface area contributed by atoms with E-state index < -0.39 is 0 Å². The van der Waals surface area contributed by atoms with Gasteiger partial charge in [-0.2, -0.15) is 0 Å². The highest BCUT2D eigenvalue weighted by Gasteiger charge is 2.35. The summed E-state index contributed by atoms with van der Waals surface area (Å²) in [7, 11) is 0. The van der Waals surface area contributed by atoms with Crippen LogP contribution in [0.1, 0.15) is 32.4 Å². The van der Waals surface area contributed by atoms with Gasteiger partial charge in [0.05, 0.1) is 12.2 Å². The summed E-state index contributed by atoms with van der Waals surface area (Å²) in [4.78, 5) is 25.5. The van der Waals surface area contributed by atoms with Crippen molar-refractivity contribution in [1.82, 2.24) is 10.2 Å². The predicted octanol–water partition coefficient (Wildman–Crippen LogP) is 1.59. The Balaban J connectivity index is 1.69. The molecule has 1 aliphatic heterocycles. The molecular weight excluding hydrogens is 256 g/mol. The van der Waals surface area contributed by atoms with E-state index in [1.165, 1.54) is 0 Å². The number of hydrogen-bond acceptors (Lipinski definition) is 3. The van der Waals surface area contributed by atoms with E-state index in [1.54, 1.807) is 11.2 Å². The maximum atomic E-state index is 12.0. The van der Waals surface area contributed by atoms with Crippen molar-refractivity contribution in [3.63, 3.8) is 0 Å². The summed E-state index contributed by atoms with van der Waals surface area (Å²) in [6.07, 6.45) is 3.64. The Morgan fingerprint density at radius 1 is 1.55 bits per heavy atom. The number of furan rings is 1. The first kappa shape index (κ1) is 14.6. The van der Waals surface area contributed by atoms with Crippen molar-refractivity contribution in [3.05, 3.63) is 24.2 Å². The number of carbonyl (C=O) groups is 2. The van der Waals surface area contributed by atoms with Crippen LogP contribution in [0.5, 0.6) is 0 Å². The van der Waals surface area contributed by atoms with E-state index in [-0.39, 0.29) is 23.8 Å². The number of hydrogen-bond donors (Lipinski definition) is 1. The average Bonchev–Trinajstić information content (AvgIpc) is 3.03. The number of carbonyl (C=O) groups excluding carboxylic acids is 2. The highest BCUT2D eigenvalue weighted by molar-refractivity contribution is 5.89. The number of nitrogens with one attached hydrogen (secondary N) is 1. The van der Waals surface area contributed by atoms with E-state index in [2.05, 4.69) is 5.32 Å². The van der Waals surface area contributed by atoms with Crippen LogP contribution in [0.25, 0.3) is 0 Å². The fourth-order valence-electron chi connectivity index (χ4n) is 2.48. The van der Waals surface area contributed by atoms with Gasteiger partial charge in [0.2, 0.25) is 11.8 Å². The molecule has 0 bridgehead atoms. The molecule has 0 spiro atoms. The second-order valence-electron chi connectivity index (χ2n) is 5.51. The molecule has 0 radical (unpaired) electrons. The minimum Gasteiger partial charge on any atom is -0.469 e. The zero-order valence-electron chi connectivity index (χ0n) is 12.1. The van der Waals surface area contributed by atoms with E-state index in [1.807, 2.05) is 26.0 Å². The number of aryl methyl sites for hydroxylation is 1. The topological polar surface area (TPSA) is 62.6 Å². The molecule has 0 saturated carbocycles. The van der Waals surface area contributed by atoms with Crippen LogP contribution in [0.3, 0.4) is 0 Å². The SMILES string of the molecule is CC(C)N1CC(C(=O)NCCCc2ccco2)CC1=O. The van der Waals surface area contributed by atoms with Crippen LogP contribution in [0.4, 0.5) is 0 Å². The molecule has 1 aliphatic rings. The maximum Gasteiger partial charge on any atom is 0.225 e. The number of rotatable bonds is 6. The second kappa shape index (κ2) is 6.59. The van der Waals surface area contributed by atoms with Gasteiger partial charge in [0.1, 0.15) is 5.76 Å². The predicted molar refractivity (Wildman–Crippen MR) is 75.0 cm³/mol. The van der Waals surface area contributed by atoms with Crippen molar-refractivity contribution in [2.45, 2.75) is 39.2 Å². The lowest BCUT2D eigenvalue weighted by Gasteiger charge is -2.20. The van der Waals surface area contributed by atoms with Crippen molar-refractivity contribution in [2.75, 3.05) is 13.1 Å². The van der Waals surface area contributed by atoms with Gasteiger partial charge in [0.25, 0.3) is 0 Å². The van der Waals surface area contributed by atoms with E-state index in [0.717, 1.165) is 18.6 Å². The van der Waals surface area contributed by atoms with Gasteiger partial charge in [-0.1, -0.05) is 0 Å². The van der Waals surface area contributed by atoms with Gasteiger partial charge in [-0.25, -0.2) is 0 Å². The van der Waals surface area contributed by atoms with Gasteiger partial charge < -0.3 is 14.6 Å². The number of nitrogens with zero attached hydrogens (tertiary/aromatic N) is 1. The molecule has 0 aliphatic carbocycles. The lowest BCUT2D eigenvalue weighted by Crippen LogP contribution is -2.35. The van der Waals surface area contributed by atoms with Crippen molar-refractivity contribution < 1.29 is 14.0 Å². The largest absolute Gasteiger partial charge is 0.469 e. The molecular formula is C15H22N2O3. The summed E-state index contributed by atoms with van der Waals surface area (Å²) >= 11 is 0. The Bertz CT molecular complexity index is 454. The molecule has 1 N–H and O–H groups in total. The Morgan fingerprint density at radius 2 is 2.35 bits per heavy atom. The second-order valence-corrected chi connectivity index (χ2v) is 5.51. The van der Waals surface area contributed by atoms with Crippen LogP contribution in [-0.4, -0.2) is 35.8 Å². The Labute approximate surface area is 119 Å². The van der Waals surface area contributed by atoms with E-state index in [0.29, 0.717) is 19.5 Å². The molecule has 20 heavy (non-hydrogen) atoms. The zero-order chi connectivity index (χ0) is 14.5. The molecule has 1 fully saturated rings. The van der Waals surface area contributed by atoms with Crippen LogP contribution in [0.2, 0.25) is 0 Å². The molecule has 1 atom stereocenters. The molecule has 1 unspecified atom stereocenters. The van der Waals surface area contributed by atoms with E-state index >= 15 is 0 Å². The Kier molecular flexibility index (Phi) is 4.82. The normalized spacial score (nSPS) is 18.9. The number of amides is 2. The smallest absolute Gasteiger partial charge is 0.225 e. The molecule has 2 rings (SSSR count). The maximum absolute atomic E-state index is 12.0. The molecule has 5 nitrogen and oxygen atoms in total. The third-order valence-corrected chi connectivity index (χ3v) is 3.63. The zero-order valence-corrected chi connectivity index (χ0v) is 12.1. The summed E-state index contributed by atoms with van der Waals surface area (Å²) in [6, 6.07) is 3.95. The fraction of sp³-hybridized carbons (Fsp3) is 0.600. The molecule has 1 aromatic heterocycles. The summed E-state index contributed by atoms with van der Waals surface area (Å²) in [5.41, 5.74) is 0. The molecule has 1 saturated heterocycles. The first-order valence-corrected chi connectivity index (χ1v) is 7.17. The Hall–Kier alpha value is -1.78. The molecule has 2 amide bonds. The van der Waals surface area contributed by atoms with Gasteiger partial charge in [-0.05, 0) is 32.4 Å². The van der Waals surface area contributed by atoms with E-state index in [9.17, 15) is 9.59 Å². The van der Waals surface area contributed by atoms with Gasteiger partial charge in [0, 0.05) is 32.0 Å². The van der Waals surface area contributed by atoms with Crippen LogP contribution in [-0.2, 0) is 16.0 Å². The van der Waals surface area contributed by atoms with Gasteiger partial charge in [-0.3, -0.25) is 9.59 Å². The van der Waals surface area contributed by atoms with Crippen LogP contribution in [0.15, 0.2) is 22.8 Å². The van der Waals surface area contributed by atoms with Crippen LogP contribution >= 0.6 is 0 Å². The quantitative estimate of drug-likeness (QED) is 0.804. The average molecular weight is 278 g/mol. The first-order chi connectivity index (χ1) is 9.58. The summed E-state index contributed by atoms with van der Waals surface area (Å²) in [5.74, 6) is 0.798. The first-order valence-electron chi connectivity index (χ1n) is 7.17. The van der Waals surface area contributed by atoms with Gasteiger partial charge >= 0.3 is 0 Å². The monoisotopic (exact) mass is 278 g/mol. The fourth-order valence-corrected chi connectivity index (χ4v) is 2.48. The van der Waals surface area contributed by atoms with Gasteiger partial charge in [0.15, 0.2) is 0 Å². The third-order valence-electron chi connectivity index (χ3n) is 3.63. The highest BCUT2D eigenvalue weighted by Crippen LogP contribution is 2.20.